The molecule has 1 aromatic heterocycles. The SMILES string of the molecule is COc1cc(C)ccc1CN1CCC(c2cc[nH]c(=O)c2)CC1. The van der Waals surface area contributed by atoms with Gasteiger partial charge in [-0.15, -0.1) is 0 Å². The molecule has 1 aromatic carbocycles. The second-order valence-electron chi connectivity index (χ2n) is 6.35. The van der Waals surface area contributed by atoms with Crippen molar-refractivity contribution < 1.29 is 4.74 Å². The maximum atomic E-state index is 11.5. The van der Waals surface area contributed by atoms with Gasteiger partial charge in [-0.25, -0.2) is 0 Å². The van der Waals surface area contributed by atoms with Gasteiger partial charge >= 0.3 is 0 Å². The Morgan fingerprint density at radius 2 is 2.00 bits per heavy atom. The first-order valence-corrected chi connectivity index (χ1v) is 8.20. The molecule has 1 saturated heterocycles. The van der Waals surface area contributed by atoms with Gasteiger partial charge < -0.3 is 9.72 Å². The highest BCUT2D eigenvalue weighted by Gasteiger charge is 2.21. The van der Waals surface area contributed by atoms with Crippen molar-refractivity contribution in [2.24, 2.45) is 0 Å². The number of rotatable bonds is 4. The quantitative estimate of drug-likeness (QED) is 0.943. The first kappa shape index (κ1) is 15.8. The van der Waals surface area contributed by atoms with Gasteiger partial charge in [-0.2, -0.15) is 0 Å². The number of pyridine rings is 1. The van der Waals surface area contributed by atoms with Crippen molar-refractivity contribution in [3.63, 3.8) is 0 Å². The van der Waals surface area contributed by atoms with E-state index in [2.05, 4.69) is 35.0 Å². The van der Waals surface area contributed by atoms with Crippen molar-refractivity contribution in [3.8, 4) is 5.75 Å². The zero-order chi connectivity index (χ0) is 16.2. The molecule has 0 radical (unpaired) electrons. The number of nitrogens with one attached hydrogen (secondary N) is 1. The van der Waals surface area contributed by atoms with E-state index in [4.69, 9.17) is 4.74 Å². The maximum absolute atomic E-state index is 11.5. The fraction of sp³-hybridized carbons (Fsp3) is 0.421. The minimum absolute atomic E-state index is 0.00526. The minimum atomic E-state index is -0.00526. The van der Waals surface area contributed by atoms with Gasteiger partial charge in [0, 0.05) is 24.4 Å². The number of nitrogens with zero attached hydrogens (tertiary/aromatic N) is 1. The van der Waals surface area contributed by atoms with Crippen LogP contribution in [0.3, 0.4) is 0 Å². The predicted octanol–water partition coefficient (Wildman–Crippen LogP) is 3.07. The summed E-state index contributed by atoms with van der Waals surface area (Å²) in [5, 5.41) is 0. The van der Waals surface area contributed by atoms with E-state index >= 15 is 0 Å². The van der Waals surface area contributed by atoms with Crippen LogP contribution in [-0.4, -0.2) is 30.1 Å². The molecule has 1 aliphatic rings. The fourth-order valence-corrected chi connectivity index (χ4v) is 3.36. The van der Waals surface area contributed by atoms with E-state index in [1.165, 1.54) is 16.7 Å². The van der Waals surface area contributed by atoms with Crippen LogP contribution in [0.1, 0.15) is 35.4 Å². The normalized spacial score (nSPS) is 16.4. The molecule has 4 heteroatoms. The molecule has 0 aliphatic carbocycles. The van der Waals surface area contributed by atoms with E-state index in [0.29, 0.717) is 5.92 Å². The molecular formula is C19H24N2O2. The maximum Gasteiger partial charge on any atom is 0.248 e. The van der Waals surface area contributed by atoms with E-state index in [9.17, 15) is 4.79 Å². The third-order valence-electron chi connectivity index (χ3n) is 4.69. The number of piperidine rings is 1. The summed E-state index contributed by atoms with van der Waals surface area (Å²) in [5.41, 5.74) is 3.63. The Balaban J connectivity index is 1.62. The molecule has 122 valence electrons. The molecule has 0 spiro atoms. The third-order valence-corrected chi connectivity index (χ3v) is 4.69. The van der Waals surface area contributed by atoms with Crippen LogP contribution in [0, 0.1) is 6.92 Å². The number of H-pyrrole nitrogens is 1. The van der Waals surface area contributed by atoms with Crippen LogP contribution >= 0.6 is 0 Å². The second-order valence-corrected chi connectivity index (χ2v) is 6.35. The van der Waals surface area contributed by atoms with Gasteiger partial charge in [-0.3, -0.25) is 9.69 Å². The van der Waals surface area contributed by atoms with Gasteiger partial charge in [-0.05, 0) is 62.0 Å². The molecule has 2 heterocycles. The van der Waals surface area contributed by atoms with E-state index in [1.54, 1.807) is 19.4 Å². The lowest BCUT2D eigenvalue weighted by Crippen LogP contribution is -2.32. The number of aromatic amines is 1. The largest absolute Gasteiger partial charge is 0.496 e. The Kier molecular flexibility index (Phi) is 4.82. The summed E-state index contributed by atoms with van der Waals surface area (Å²) >= 11 is 0. The van der Waals surface area contributed by atoms with Crippen LogP contribution in [0.4, 0.5) is 0 Å². The van der Waals surface area contributed by atoms with Gasteiger partial charge in [0.25, 0.3) is 0 Å². The summed E-state index contributed by atoms with van der Waals surface area (Å²) in [6.45, 7) is 5.11. The smallest absolute Gasteiger partial charge is 0.248 e. The molecule has 1 aliphatic heterocycles. The van der Waals surface area contributed by atoms with Crippen molar-refractivity contribution in [1.82, 2.24) is 9.88 Å². The number of ether oxygens (including phenoxy) is 1. The molecule has 23 heavy (non-hydrogen) atoms. The molecule has 0 saturated carbocycles. The average Bonchev–Trinajstić information content (AvgIpc) is 2.57. The lowest BCUT2D eigenvalue weighted by atomic mass is 9.90. The van der Waals surface area contributed by atoms with Crippen molar-refractivity contribution in [3.05, 3.63) is 63.6 Å². The van der Waals surface area contributed by atoms with Crippen molar-refractivity contribution >= 4 is 0 Å². The predicted molar refractivity (Wildman–Crippen MR) is 92.0 cm³/mol. The molecule has 2 aromatic rings. The molecule has 3 rings (SSSR count). The molecule has 0 amide bonds. The summed E-state index contributed by atoms with van der Waals surface area (Å²) in [4.78, 5) is 16.6. The first-order chi connectivity index (χ1) is 11.2. The van der Waals surface area contributed by atoms with E-state index in [0.717, 1.165) is 38.2 Å². The van der Waals surface area contributed by atoms with Crippen LogP contribution in [0.5, 0.6) is 5.75 Å². The fourth-order valence-electron chi connectivity index (χ4n) is 3.36. The Labute approximate surface area is 137 Å². The van der Waals surface area contributed by atoms with Gasteiger partial charge in [-0.1, -0.05) is 12.1 Å². The number of hydrogen-bond acceptors (Lipinski definition) is 3. The summed E-state index contributed by atoms with van der Waals surface area (Å²) in [6, 6.07) is 10.2. The second kappa shape index (κ2) is 7.01. The van der Waals surface area contributed by atoms with Crippen molar-refractivity contribution in [2.45, 2.75) is 32.2 Å². The van der Waals surface area contributed by atoms with E-state index in [1.807, 2.05) is 6.07 Å². The van der Waals surface area contributed by atoms with Crippen LogP contribution < -0.4 is 10.3 Å². The summed E-state index contributed by atoms with van der Waals surface area (Å²) < 4.78 is 5.51. The molecule has 1 N–H and O–H groups in total. The van der Waals surface area contributed by atoms with Gasteiger partial charge in [0.15, 0.2) is 0 Å². The number of likely N-dealkylation sites (tertiary alicyclic amines) is 1. The number of aryl methyl sites for hydroxylation is 1. The monoisotopic (exact) mass is 312 g/mol. The molecule has 4 nitrogen and oxygen atoms in total. The highest BCUT2D eigenvalue weighted by molar-refractivity contribution is 5.37. The molecule has 1 fully saturated rings. The summed E-state index contributed by atoms with van der Waals surface area (Å²) in [7, 11) is 1.73. The van der Waals surface area contributed by atoms with Gasteiger partial charge in [0.1, 0.15) is 5.75 Å². The Hall–Kier alpha value is -2.07. The topological polar surface area (TPSA) is 45.3 Å². The van der Waals surface area contributed by atoms with Gasteiger partial charge in [0.05, 0.1) is 7.11 Å². The Morgan fingerprint density at radius 3 is 2.70 bits per heavy atom. The molecular weight excluding hydrogens is 288 g/mol. The minimum Gasteiger partial charge on any atom is -0.496 e. The molecule has 0 atom stereocenters. The summed E-state index contributed by atoms with van der Waals surface area (Å²) in [6.07, 6.45) is 3.94. The average molecular weight is 312 g/mol. The zero-order valence-corrected chi connectivity index (χ0v) is 13.8. The highest BCUT2D eigenvalue weighted by atomic mass is 16.5. The number of hydrogen-bond donors (Lipinski definition) is 1. The van der Waals surface area contributed by atoms with Crippen LogP contribution in [0.15, 0.2) is 41.3 Å². The van der Waals surface area contributed by atoms with Crippen LogP contribution in [-0.2, 0) is 6.54 Å². The lowest BCUT2D eigenvalue weighted by molar-refractivity contribution is 0.202. The van der Waals surface area contributed by atoms with E-state index < -0.39 is 0 Å². The Morgan fingerprint density at radius 1 is 1.22 bits per heavy atom. The number of methoxy groups -OCH3 is 1. The van der Waals surface area contributed by atoms with Crippen molar-refractivity contribution in [2.75, 3.05) is 20.2 Å². The lowest BCUT2D eigenvalue weighted by Gasteiger charge is -2.32. The van der Waals surface area contributed by atoms with E-state index in [-0.39, 0.29) is 5.56 Å². The first-order valence-electron chi connectivity index (χ1n) is 8.20. The zero-order valence-electron chi connectivity index (χ0n) is 13.8. The van der Waals surface area contributed by atoms with Crippen molar-refractivity contribution in [1.29, 1.82) is 0 Å². The number of aromatic nitrogens is 1. The summed E-state index contributed by atoms with van der Waals surface area (Å²) in [5.74, 6) is 1.47. The molecule has 0 unspecified atom stereocenters. The van der Waals surface area contributed by atoms with Gasteiger partial charge in [0.2, 0.25) is 5.56 Å². The van der Waals surface area contributed by atoms with Crippen LogP contribution in [0.2, 0.25) is 0 Å². The number of benzene rings is 1. The molecule has 0 bridgehead atoms. The highest BCUT2D eigenvalue weighted by Crippen LogP contribution is 2.29. The van der Waals surface area contributed by atoms with Crippen LogP contribution in [0.25, 0.3) is 0 Å². The standard InChI is InChI=1S/C19H24N2O2/c1-14-3-4-17(18(11-14)23-2)13-21-9-6-15(7-10-21)16-5-8-20-19(22)12-16/h3-5,8,11-12,15H,6-7,9-10,13H2,1-2H3,(H,20,22). The Bertz CT molecular complexity index is 715. The third kappa shape index (κ3) is 3.82.